The van der Waals surface area contributed by atoms with Crippen molar-refractivity contribution in [2.75, 3.05) is 57.2 Å². The number of benzene rings is 2. The Morgan fingerprint density at radius 3 is 2.74 bits per heavy atom. The molecule has 1 saturated heterocycles. The molecule has 2 aromatic carbocycles. The van der Waals surface area contributed by atoms with Crippen LogP contribution in [0.15, 0.2) is 47.4 Å². The van der Waals surface area contributed by atoms with Crippen molar-refractivity contribution in [2.24, 2.45) is 0 Å². The minimum Gasteiger partial charge on any atom is -0.494 e. The Morgan fingerprint density at radius 2 is 2.00 bits per heavy atom. The van der Waals surface area contributed by atoms with Gasteiger partial charge in [0, 0.05) is 31.1 Å². The molecule has 0 atom stereocenters. The number of anilines is 1. The highest BCUT2D eigenvalue weighted by Gasteiger charge is 2.23. The van der Waals surface area contributed by atoms with Gasteiger partial charge in [0.1, 0.15) is 11.3 Å². The Hall–Kier alpha value is -2.13. The van der Waals surface area contributed by atoms with E-state index < -0.39 is 0 Å². The van der Waals surface area contributed by atoms with Crippen LogP contribution >= 0.6 is 23.1 Å². The lowest BCUT2D eigenvalue weighted by Crippen LogP contribution is -2.43. The molecule has 0 radical (unpaired) electrons. The molecule has 0 aliphatic carbocycles. The van der Waals surface area contributed by atoms with Gasteiger partial charge >= 0.3 is 0 Å². The van der Waals surface area contributed by atoms with Crippen molar-refractivity contribution in [3.05, 3.63) is 48.0 Å². The zero-order valence-electron chi connectivity index (χ0n) is 17.9. The number of thiazole rings is 1. The highest BCUT2D eigenvalue weighted by Crippen LogP contribution is 2.36. The standard InChI is InChI=1S/C23H27N3O3S2/c1-17-8-9-19(28-2)21-22(17)31-23(24-21)26(11-10-25-12-14-29-15-13-25)20(27)16-30-18-6-4-3-5-7-18/h3-9H,10-16H2,1-2H3. The number of hydrogen-bond acceptors (Lipinski definition) is 7. The second kappa shape index (κ2) is 10.5. The van der Waals surface area contributed by atoms with Gasteiger partial charge in [-0.3, -0.25) is 14.6 Å². The Kier molecular flexibility index (Phi) is 7.45. The average Bonchev–Trinajstić information content (AvgIpc) is 3.25. The molecule has 0 unspecified atom stereocenters. The SMILES string of the molecule is COc1ccc(C)c2sc(N(CCN3CCOCC3)C(=O)CSc3ccccc3)nc12. The van der Waals surface area contributed by atoms with Gasteiger partial charge in [0.2, 0.25) is 5.91 Å². The lowest BCUT2D eigenvalue weighted by Gasteiger charge is -2.29. The van der Waals surface area contributed by atoms with Crippen molar-refractivity contribution in [2.45, 2.75) is 11.8 Å². The van der Waals surface area contributed by atoms with Crippen LogP contribution < -0.4 is 9.64 Å². The molecule has 4 rings (SSSR count). The van der Waals surface area contributed by atoms with E-state index in [1.807, 2.05) is 47.4 Å². The minimum atomic E-state index is 0.0674. The van der Waals surface area contributed by atoms with E-state index in [0.29, 0.717) is 12.3 Å². The molecule has 1 aliphatic rings. The van der Waals surface area contributed by atoms with E-state index in [1.54, 1.807) is 30.2 Å². The molecule has 2 heterocycles. The summed E-state index contributed by atoms with van der Waals surface area (Å²) in [5.74, 6) is 1.18. The van der Waals surface area contributed by atoms with Crippen molar-refractivity contribution in [1.82, 2.24) is 9.88 Å². The van der Waals surface area contributed by atoms with Crippen LogP contribution in [-0.2, 0) is 9.53 Å². The van der Waals surface area contributed by atoms with E-state index in [4.69, 9.17) is 14.5 Å². The highest BCUT2D eigenvalue weighted by atomic mass is 32.2. The first-order valence-corrected chi connectivity index (χ1v) is 12.2. The summed E-state index contributed by atoms with van der Waals surface area (Å²) in [6.45, 7) is 6.76. The summed E-state index contributed by atoms with van der Waals surface area (Å²) in [6.07, 6.45) is 0. The van der Waals surface area contributed by atoms with E-state index in [0.717, 1.165) is 64.4 Å². The molecule has 0 saturated carbocycles. The molecule has 0 spiro atoms. The number of amides is 1. The van der Waals surface area contributed by atoms with Crippen molar-refractivity contribution in [1.29, 1.82) is 0 Å². The molecular formula is C23H27N3O3S2. The van der Waals surface area contributed by atoms with Crippen molar-refractivity contribution < 1.29 is 14.3 Å². The number of aryl methyl sites for hydroxylation is 1. The maximum absolute atomic E-state index is 13.3. The Morgan fingerprint density at radius 1 is 1.23 bits per heavy atom. The largest absolute Gasteiger partial charge is 0.494 e. The third-order valence-corrected chi connectivity index (χ3v) is 7.50. The maximum Gasteiger partial charge on any atom is 0.239 e. The summed E-state index contributed by atoms with van der Waals surface area (Å²) in [4.78, 5) is 23.4. The summed E-state index contributed by atoms with van der Waals surface area (Å²) in [5, 5.41) is 0.731. The van der Waals surface area contributed by atoms with Crippen molar-refractivity contribution >= 4 is 44.4 Å². The van der Waals surface area contributed by atoms with Crippen molar-refractivity contribution in [3.8, 4) is 5.75 Å². The van der Waals surface area contributed by atoms with Crippen LogP contribution in [0, 0.1) is 6.92 Å². The predicted octanol–water partition coefficient (Wildman–Crippen LogP) is 4.07. The van der Waals surface area contributed by atoms with Gasteiger partial charge in [0.25, 0.3) is 0 Å². The fourth-order valence-electron chi connectivity index (χ4n) is 3.51. The summed E-state index contributed by atoms with van der Waals surface area (Å²) < 4.78 is 12.0. The van der Waals surface area contributed by atoms with E-state index in [9.17, 15) is 4.79 Å². The number of rotatable bonds is 8. The first-order valence-electron chi connectivity index (χ1n) is 10.4. The number of methoxy groups -OCH3 is 1. The fourth-order valence-corrected chi connectivity index (χ4v) is 5.40. The monoisotopic (exact) mass is 457 g/mol. The number of ether oxygens (including phenoxy) is 2. The van der Waals surface area contributed by atoms with Crippen LogP contribution in [0.3, 0.4) is 0 Å². The number of thioether (sulfide) groups is 1. The van der Waals surface area contributed by atoms with Crippen molar-refractivity contribution in [3.63, 3.8) is 0 Å². The molecule has 164 valence electrons. The molecular weight excluding hydrogens is 430 g/mol. The van der Waals surface area contributed by atoms with Crippen LogP contribution in [0.4, 0.5) is 5.13 Å². The van der Waals surface area contributed by atoms with Gasteiger partial charge in [0.05, 0.1) is 30.8 Å². The van der Waals surface area contributed by atoms with Gasteiger partial charge < -0.3 is 9.47 Å². The number of aromatic nitrogens is 1. The number of carbonyl (C=O) groups is 1. The van der Waals surface area contributed by atoms with Crippen LogP contribution in [-0.4, -0.2) is 68.0 Å². The van der Waals surface area contributed by atoms with Crippen LogP contribution in [0.1, 0.15) is 5.56 Å². The number of hydrogen-bond donors (Lipinski definition) is 0. The average molecular weight is 458 g/mol. The number of morpholine rings is 1. The second-order valence-corrected chi connectivity index (χ2v) is 9.39. The van der Waals surface area contributed by atoms with Gasteiger partial charge in [-0.05, 0) is 30.7 Å². The van der Waals surface area contributed by atoms with Gasteiger partial charge in [-0.1, -0.05) is 35.6 Å². The molecule has 0 bridgehead atoms. The third kappa shape index (κ3) is 5.38. The molecule has 1 amide bonds. The Balaban J connectivity index is 1.57. The molecule has 1 fully saturated rings. The second-order valence-electron chi connectivity index (χ2n) is 7.36. The number of nitrogens with zero attached hydrogens (tertiary/aromatic N) is 3. The lowest BCUT2D eigenvalue weighted by atomic mass is 10.2. The van der Waals surface area contributed by atoms with E-state index in [-0.39, 0.29) is 5.91 Å². The molecule has 1 aliphatic heterocycles. The molecule has 1 aromatic heterocycles. The zero-order chi connectivity index (χ0) is 21.6. The molecule has 8 heteroatoms. The molecule has 6 nitrogen and oxygen atoms in total. The van der Waals surface area contributed by atoms with Gasteiger partial charge in [-0.15, -0.1) is 11.8 Å². The van der Waals surface area contributed by atoms with Crippen LogP contribution in [0.25, 0.3) is 10.2 Å². The first-order chi connectivity index (χ1) is 15.2. The summed E-state index contributed by atoms with van der Waals surface area (Å²) in [6, 6.07) is 14.0. The normalized spacial score (nSPS) is 14.6. The Bertz CT molecular complexity index is 1020. The van der Waals surface area contributed by atoms with Gasteiger partial charge in [-0.2, -0.15) is 0 Å². The molecule has 3 aromatic rings. The number of fused-ring (bicyclic) bond motifs is 1. The first kappa shape index (κ1) is 22.1. The highest BCUT2D eigenvalue weighted by molar-refractivity contribution is 8.00. The van der Waals surface area contributed by atoms with Gasteiger partial charge in [-0.25, -0.2) is 4.98 Å². The fraction of sp³-hybridized carbons (Fsp3) is 0.391. The third-order valence-electron chi connectivity index (χ3n) is 5.29. The summed E-state index contributed by atoms with van der Waals surface area (Å²) >= 11 is 3.12. The van der Waals surface area contributed by atoms with E-state index >= 15 is 0 Å². The van der Waals surface area contributed by atoms with Crippen LogP contribution in [0.2, 0.25) is 0 Å². The van der Waals surface area contributed by atoms with E-state index in [1.165, 1.54) is 0 Å². The van der Waals surface area contributed by atoms with Gasteiger partial charge in [0.15, 0.2) is 5.13 Å². The topological polar surface area (TPSA) is 54.9 Å². The Labute approximate surface area is 191 Å². The van der Waals surface area contributed by atoms with E-state index in [2.05, 4.69) is 11.8 Å². The molecule has 0 N–H and O–H groups in total. The van der Waals surface area contributed by atoms with Crippen LogP contribution in [0.5, 0.6) is 5.75 Å². The smallest absolute Gasteiger partial charge is 0.239 e. The number of carbonyl (C=O) groups excluding carboxylic acids is 1. The summed E-state index contributed by atoms with van der Waals surface area (Å²) in [7, 11) is 1.65. The lowest BCUT2D eigenvalue weighted by molar-refractivity contribution is -0.116. The maximum atomic E-state index is 13.3. The predicted molar refractivity (Wildman–Crippen MR) is 128 cm³/mol. The molecule has 31 heavy (non-hydrogen) atoms. The minimum absolute atomic E-state index is 0.0674. The quantitative estimate of drug-likeness (QED) is 0.475. The summed E-state index contributed by atoms with van der Waals surface area (Å²) in [5.41, 5.74) is 1.96. The zero-order valence-corrected chi connectivity index (χ0v) is 19.5.